The molecule has 0 saturated heterocycles. The lowest BCUT2D eigenvalue weighted by Crippen LogP contribution is -2.18. The Bertz CT molecular complexity index is 879. The van der Waals surface area contributed by atoms with E-state index in [9.17, 15) is 4.79 Å². The molecule has 0 spiro atoms. The number of para-hydroxylation sites is 1. The van der Waals surface area contributed by atoms with E-state index in [1.54, 1.807) is 6.20 Å². The van der Waals surface area contributed by atoms with Gasteiger partial charge in [-0.05, 0) is 26.6 Å². The molecular formula is C20H26N4O2. The molecule has 6 nitrogen and oxygen atoms in total. The van der Waals surface area contributed by atoms with Crippen LogP contribution in [0, 0.1) is 0 Å². The molecule has 1 N–H and O–H groups in total. The van der Waals surface area contributed by atoms with Crippen LogP contribution in [0.4, 0.5) is 5.69 Å². The number of hydrogen-bond donors (Lipinski definition) is 1. The molecule has 3 rings (SSSR count). The van der Waals surface area contributed by atoms with Crippen LogP contribution >= 0.6 is 0 Å². The van der Waals surface area contributed by atoms with Gasteiger partial charge in [0.15, 0.2) is 0 Å². The molecular weight excluding hydrogens is 328 g/mol. The van der Waals surface area contributed by atoms with Gasteiger partial charge in [-0.15, -0.1) is 0 Å². The molecule has 0 aliphatic heterocycles. The minimum absolute atomic E-state index is 0.145. The molecule has 0 saturated carbocycles. The molecule has 138 valence electrons. The number of amides is 1. The predicted octanol–water partition coefficient (Wildman–Crippen LogP) is 3.79. The van der Waals surface area contributed by atoms with Crippen molar-refractivity contribution in [2.24, 2.45) is 0 Å². The standard InChI is InChI=1S/C20H26N4O2/c1-4-5-9-18-19(16-8-6-7-10-17(16)26-18)20(25)22-15-13-21-24(14-15)12-11-23(2)3/h6-8,10,13-14H,4-5,9,11-12H2,1-3H3,(H,22,25). The fourth-order valence-corrected chi connectivity index (χ4v) is 2.90. The number of likely N-dealkylation sites (N-methyl/N-ethyl adjacent to an activating group) is 1. The van der Waals surface area contributed by atoms with Gasteiger partial charge in [0, 0.05) is 24.5 Å². The van der Waals surface area contributed by atoms with Gasteiger partial charge >= 0.3 is 0 Å². The number of aryl methyl sites for hydroxylation is 1. The third-order valence-corrected chi connectivity index (χ3v) is 4.32. The molecule has 0 bridgehead atoms. The summed E-state index contributed by atoms with van der Waals surface area (Å²) >= 11 is 0. The summed E-state index contributed by atoms with van der Waals surface area (Å²) in [5.41, 5.74) is 2.08. The quantitative estimate of drug-likeness (QED) is 0.668. The Morgan fingerprint density at radius 1 is 1.31 bits per heavy atom. The van der Waals surface area contributed by atoms with Gasteiger partial charge in [-0.3, -0.25) is 9.48 Å². The number of fused-ring (bicyclic) bond motifs is 1. The first-order valence-corrected chi connectivity index (χ1v) is 9.07. The molecule has 3 aromatic rings. The van der Waals surface area contributed by atoms with E-state index in [2.05, 4.69) is 22.2 Å². The number of nitrogens with zero attached hydrogens (tertiary/aromatic N) is 3. The van der Waals surface area contributed by atoms with Crippen LogP contribution in [0.25, 0.3) is 11.0 Å². The summed E-state index contributed by atoms with van der Waals surface area (Å²) in [7, 11) is 4.04. The number of benzene rings is 1. The van der Waals surface area contributed by atoms with E-state index in [0.29, 0.717) is 11.3 Å². The van der Waals surface area contributed by atoms with Crippen LogP contribution in [0.5, 0.6) is 0 Å². The van der Waals surface area contributed by atoms with Crippen LogP contribution < -0.4 is 5.32 Å². The van der Waals surface area contributed by atoms with Crippen molar-refractivity contribution in [2.75, 3.05) is 26.0 Å². The van der Waals surface area contributed by atoms with E-state index in [-0.39, 0.29) is 5.91 Å². The normalized spacial score (nSPS) is 11.4. The largest absolute Gasteiger partial charge is 0.460 e. The average Bonchev–Trinajstić information content (AvgIpc) is 3.21. The highest BCUT2D eigenvalue weighted by Crippen LogP contribution is 2.28. The maximum Gasteiger partial charge on any atom is 0.259 e. The lowest BCUT2D eigenvalue weighted by atomic mass is 10.1. The molecule has 1 amide bonds. The second-order valence-corrected chi connectivity index (χ2v) is 6.75. The molecule has 0 aliphatic rings. The number of anilines is 1. The molecule has 6 heteroatoms. The molecule has 26 heavy (non-hydrogen) atoms. The third-order valence-electron chi connectivity index (χ3n) is 4.32. The van der Waals surface area contributed by atoms with Crippen LogP contribution in [0.2, 0.25) is 0 Å². The summed E-state index contributed by atoms with van der Waals surface area (Å²) in [6.45, 7) is 3.80. The molecule has 0 radical (unpaired) electrons. The van der Waals surface area contributed by atoms with Crippen LogP contribution in [0.15, 0.2) is 41.1 Å². The summed E-state index contributed by atoms with van der Waals surface area (Å²) in [6, 6.07) is 7.69. The van der Waals surface area contributed by atoms with Crippen molar-refractivity contribution in [1.29, 1.82) is 0 Å². The van der Waals surface area contributed by atoms with E-state index in [4.69, 9.17) is 4.42 Å². The maximum atomic E-state index is 12.9. The van der Waals surface area contributed by atoms with E-state index < -0.39 is 0 Å². The molecule has 0 atom stereocenters. The van der Waals surface area contributed by atoms with Gasteiger partial charge in [0.25, 0.3) is 5.91 Å². The van der Waals surface area contributed by atoms with Crippen LogP contribution in [-0.4, -0.2) is 41.2 Å². The van der Waals surface area contributed by atoms with Gasteiger partial charge in [-0.2, -0.15) is 5.10 Å². The van der Waals surface area contributed by atoms with E-state index in [0.717, 1.165) is 49.1 Å². The average molecular weight is 354 g/mol. The number of nitrogens with one attached hydrogen (secondary N) is 1. The lowest BCUT2D eigenvalue weighted by Gasteiger charge is -2.08. The Morgan fingerprint density at radius 2 is 2.12 bits per heavy atom. The molecule has 1 aromatic carbocycles. The van der Waals surface area contributed by atoms with E-state index in [1.807, 2.05) is 49.2 Å². The summed E-state index contributed by atoms with van der Waals surface area (Å²) in [6.07, 6.45) is 6.34. The first-order chi connectivity index (χ1) is 12.6. The fraction of sp³-hybridized carbons (Fsp3) is 0.400. The highest BCUT2D eigenvalue weighted by atomic mass is 16.3. The topological polar surface area (TPSA) is 63.3 Å². The number of aromatic nitrogens is 2. The highest BCUT2D eigenvalue weighted by Gasteiger charge is 2.20. The predicted molar refractivity (Wildman–Crippen MR) is 104 cm³/mol. The zero-order chi connectivity index (χ0) is 18.5. The molecule has 0 aliphatic carbocycles. The van der Waals surface area contributed by atoms with Gasteiger partial charge in [-0.25, -0.2) is 0 Å². The summed E-state index contributed by atoms with van der Waals surface area (Å²) in [4.78, 5) is 15.0. The minimum atomic E-state index is -0.145. The molecule has 2 aromatic heterocycles. The van der Waals surface area contributed by atoms with E-state index in [1.165, 1.54) is 0 Å². The third kappa shape index (κ3) is 4.14. The summed E-state index contributed by atoms with van der Waals surface area (Å²) in [5, 5.41) is 8.13. The van der Waals surface area contributed by atoms with E-state index >= 15 is 0 Å². The van der Waals surface area contributed by atoms with Gasteiger partial charge in [-0.1, -0.05) is 31.5 Å². The lowest BCUT2D eigenvalue weighted by molar-refractivity contribution is 0.102. The van der Waals surface area contributed by atoms with Crippen LogP contribution in [0.3, 0.4) is 0 Å². The molecule has 2 heterocycles. The van der Waals surface area contributed by atoms with Crippen molar-refractivity contribution < 1.29 is 9.21 Å². The zero-order valence-corrected chi connectivity index (χ0v) is 15.7. The molecule has 0 fully saturated rings. The van der Waals surface area contributed by atoms with Crippen molar-refractivity contribution in [2.45, 2.75) is 32.7 Å². The van der Waals surface area contributed by atoms with Crippen LogP contribution in [0.1, 0.15) is 35.9 Å². The van der Waals surface area contributed by atoms with Crippen molar-refractivity contribution >= 4 is 22.6 Å². The monoisotopic (exact) mass is 354 g/mol. The summed E-state index contributed by atoms with van der Waals surface area (Å²) in [5.74, 6) is 0.610. The van der Waals surface area contributed by atoms with Crippen molar-refractivity contribution in [3.05, 3.63) is 48.0 Å². The SMILES string of the molecule is CCCCc1oc2ccccc2c1C(=O)Nc1cnn(CCN(C)C)c1. The number of carbonyl (C=O) groups is 1. The second kappa shape index (κ2) is 8.19. The smallest absolute Gasteiger partial charge is 0.259 e. The van der Waals surface area contributed by atoms with Crippen molar-refractivity contribution in [3.63, 3.8) is 0 Å². The van der Waals surface area contributed by atoms with Crippen molar-refractivity contribution in [3.8, 4) is 0 Å². The van der Waals surface area contributed by atoms with Crippen LogP contribution in [-0.2, 0) is 13.0 Å². The number of hydrogen-bond acceptors (Lipinski definition) is 4. The Hall–Kier alpha value is -2.60. The van der Waals surface area contributed by atoms with Gasteiger partial charge in [0.05, 0.1) is 24.0 Å². The minimum Gasteiger partial charge on any atom is -0.460 e. The highest BCUT2D eigenvalue weighted by molar-refractivity contribution is 6.13. The number of unbranched alkanes of at least 4 members (excludes halogenated alkanes) is 1. The van der Waals surface area contributed by atoms with Crippen molar-refractivity contribution in [1.82, 2.24) is 14.7 Å². The Balaban J connectivity index is 1.81. The van der Waals surface area contributed by atoms with Gasteiger partial charge < -0.3 is 14.6 Å². The Labute approximate surface area is 153 Å². The number of carbonyl (C=O) groups excluding carboxylic acids is 1. The summed E-state index contributed by atoms with van der Waals surface area (Å²) < 4.78 is 7.78. The maximum absolute atomic E-state index is 12.9. The first-order valence-electron chi connectivity index (χ1n) is 9.07. The Kier molecular flexibility index (Phi) is 5.73. The number of rotatable bonds is 8. The second-order valence-electron chi connectivity index (χ2n) is 6.75. The Morgan fingerprint density at radius 3 is 2.88 bits per heavy atom. The first kappa shape index (κ1) is 18.2. The zero-order valence-electron chi connectivity index (χ0n) is 15.7. The van der Waals surface area contributed by atoms with Gasteiger partial charge in [0.2, 0.25) is 0 Å². The fourth-order valence-electron chi connectivity index (χ4n) is 2.90. The number of furan rings is 1. The van der Waals surface area contributed by atoms with Gasteiger partial charge in [0.1, 0.15) is 11.3 Å². The molecule has 0 unspecified atom stereocenters.